The monoisotopic (exact) mass is 302 g/mol. The van der Waals surface area contributed by atoms with Gasteiger partial charge in [-0.25, -0.2) is 0 Å². The van der Waals surface area contributed by atoms with E-state index in [1.54, 1.807) is 11.8 Å². The minimum atomic E-state index is 0.303. The van der Waals surface area contributed by atoms with Crippen LogP contribution in [0.4, 0.5) is 5.69 Å². The van der Waals surface area contributed by atoms with Crippen molar-refractivity contribution in [1.82, 2.24) is 0 Å². The molecule has 0 aliphatic carbocycles. The molecule has 1 atom stereocenters. The summed E-state index contributed by atoms with van der Waals surface area (Å²) in [7, 11) is 0. The van der Waals surface area contributed by atoms with Gasteiger partial charge in [-0.05, 0) is 44.4 Å². The minimum absolute atomic E-state index is 0.303. The third-order valence-electron chi connectivity index (χ3n) is 3.06. The van der Waals surface area contributed by atoms with Crippen molar-refractivity contribution in [3.05, 3.63) is 45.6 Å². The molecule has 2 rings (SSSR count). The number of hydrogen-bond acceptors (Lipinski definition) is 4. The van der Waals surface area contributed by atoms with E-state index in [9.17, 15) is 5.26 Å². The molecule has 1 heterocycles. The molecule has 2 aromatic rings. The van der Waals surface area contributed by atoms with Gasteiger partial charge in [0, 0.05) is 27.1 Å². The third kappa shape index (κ3) is 3.56. The zero-order valence-corrected chi connectivity index (χ0v) is 13.6. The van der Waals surface area contributed by atoms with Crippen molar-refractivity contribution in [2.24, 2.45) is 0 Å². The van der Waals surface area contributed by atoms with Crippen molar-refractivity contribution < 1.29 is 0 Å². The normalized spacial score (nSPS) is 11.9. The summed E-state index contributed by atoms with van der Waals surface area (Å²) in [6, 6.07) is 12.9. The Kier molecular flexibility index (Phi) is 5.11. The molecule has 0 saturated heterocycles. The maximum Gasteiger partial charge on any atom is 0.102 e. The number of nitrogens with one attached hydrogen (secondary N) is 1. The van der Waals surface area contributed by atoms with Gasteiger partial charge in [-0.3, -0.25) is 0 Å². The lowest BCUT2D eigenvalue weighted by Gasteiger charge is -2.16. The van der Waals surface area contributed by atoms with E-state index in [0.717, 1.165) is 22.6 Å². The number of thiophene rings is 1. The minimum Gasteiger partial charge on any atom is -0.381 e. The molecule has 104 valence electrons. The molecular weight excluding hydrogens is 284 g/mol. The van der Waals surface area contributed by atoms with Crippen LogP contribution in [-0.2, 0) is 6.42 Å². The first-order valence-electron chi connectivity index (χ1n) is 6.53. The van der Waals surface area contributed by atoms with Gasteiger partial charge >= 0.3 is 0 Å². The van der Waals surface area contributed by atoms with E-state index in [1.165, 1.54) is 9.75 Å². The highest BCUT2D eigenvalue weighted by Crippen LogP contribution is 2.27. The van der Waals surface area contributed by atoms with Gasteiger partial charge in [-0.15, -0.1) is 23.1 Å². The molecule has 1 unspecified atom stereocenters. The molecule has 0 radical (unpaired) electrons. The Labute approximate surface area is 128 Å². The third-order valence-corrected chi connectivity index (χ3v) is 4.87. The van der Waals surface area contributed by atoms with E-state index in [2.05, 4.69) is 37.4 Å². The first kappa shape index (κ1) is 15.0. The average molecular weight is 302 g/mol. The second-order valence-corrected chi connectivity index (χ2v) is 6.98. The van der Waals surface area contributed by atoms with Crippen molar-refractivity contribution in [3.63, 3.8) is 0 Å². The van der Waals surface area contributed by atoms with Crippen LogP contribution in [0.2, 0.25) is 0 Å². The fourth-order valence-corrected chi connectivity index (χ4v) is 3.74. The Morgan fingerprint density at radius 3 is 2.75 bits per heavy atom. The predicted molar refractivity (Wildman–Crippen MR) is 88.8 cm³/mol. The van der Waals surface area contributed by atoms with E-state index in [-0.39, 0.29) is 0 Å². The molecule has 0 fully saturated rings. The summed E-state index contributed by atoms with van der Waals surface area (Å²) in [5, 5.41) is 12.8. The Bertz CT molecular complexity index is 626. The molecule has 0 amide bonds. The lowest BCUT2D eigenvalue weighted by Crippen LogP contribution is -2.18. The van der Waals surface area contributed by atoms with Crippen LogP contribution in [0.5, 0.6) is 0 Å². The van der Waals surface area contributed by atoms with Crippen LogP contribution in [-0.4, -0.2) is 12.3 Å². The van der Waals surface area contributed by atoms with Crippen molar-refractivity contribution in [2.45, 2.75) is 31.2 Å². The highest BCUT2D eigenvalue weighted by molar-refractivity contribution is 7.98. The van der Waals surface area contributed by atoms with Crippen molar-refractivity contribution >= 4 is 28.8 Å². The first-order valence-corrected chi connectivity index (χ1v) is 8.57. The molecule has 1 aromatic heterocycles. The van der Waals surface area contributed by atoms with Gasteiger partial charge in [0.2, 0.25) is 0 Å². The standard InChI is InChI=1S/C16H18N2S2/c1-11(9-13-8-7-12(2)20-13)18-15-5-4-6-16(19-3)14(15)10-17/h4-8,11,18H,9H2,1-3H3. The molecule has 4 heteroatoms. The Balaban J connectivity index is 2.11. The van der Waals surface area contributed by atoms with Gasteiger partial charge in [0.1, 0.15) is 6.07 Å². The van der Waals surface area contributed by atoms with Crippen LogP contribution in [0.1, 0.15) is 22.2 Å². The number of thioether (sulfide) groups is 1. The zero-order chi connectivity index (χ0) is 14.5. The molecular formula is C16H18N2S2. The second-order valence-electron chi connectivity index (χ2n) is 4.76. The largest absolute Gasteiger partial charge is 0.381 e. The molecule has 20 heavy (non-hydrogen) atoms. The molecule has 0 aliphatic rings. The number of nitriles is 1. The Morgan fingerprint density at radius 1 is 1.35 bits per heavy atom. The highest BCUT2D eigenvalue weighted by atomic mass is 32.2. The number of hydrogen-bond donors (Lipinski definition) is 1. The van der Waals surface area contributed by atoms with Gasteiger partial charge in [-0.2, -0.15) is 5.26 Å². The summed E-state index contributed by atoms with van der Waals surface area (Å²) in [4.78, 5) is 3.74. The number of rotatable bonds is 5. The first-order chi connectivity index (χ1) is 9.63. The fourth-order valence-electron chi connectivity index (χ4n) is 2.15. The van der Waals surface area contributed by atoms with Gasteiger partial charge in [0.05, 0.1) is 11.3 Å². The molecule has 0 bridgehead atoms. The van der Waals surface area contributed by atoms with Gasteiger partial charge in [0.15, 0.2) is 0 Å². The molecule has 2 nitrogen and oxygen atoms in total. The molecule has 0 spiro atoms. The number of benzene rings is 1. The summed E-state index contributed by atoms with van der Waals surface area (Å²) in [6.45, 7) is 4.28. The van der Waals surface area contributed by atoms with Crippen LogP contribution in [0, 0.1) is 18.3 Å². The van der Waals surface area contributed by atoms with E-state index >= 15 is 0 Å². The smallest absolute Gasteiger partial charge is 0.102 e. The summed E-state index contributed by atoms with van der Waals surface area (Å²) >= 11 is 3.44. The van der Waals surface area contributed by atoms with Crippen molar-refractivity contribution in [3.8, 4) is 6.07 Å². The fraction of sp³-hybridized carbons (Fsp3) is 0.312. The summed E-state index contributed by atoms with van der Waals surface area (Å²) < 4.78 is 0. The van der Waals surface area contributed by atoms with E-state index in [1.807, 2.05) is 35.8 Å². The summed E-state index contributed by atoms with van der Waals surface area (Å²) in [5.41, 5.74) is 1.68. The Morgan fingerprint density at radius 2 is 2.15 bits per heavy atom. The lowest BCUT2D eigenvalue weighted by atomic mass is 10.1. The number of anilines is 1. The van der Waals surface area contributed by atoms with E-state index in [0.29, 0.717) is 6.04 Å². The van der Waals surface area contributed by atoms with Crippen LogP contribution >= 0.6 is 23.1 Å². The van der Waals surface area contributed by atoms with E-state index < -0.39 is 0 Å². The maximum atomic E-state index is 9.34. The van der Waals surface area contributed by atoms with Gasteiger partial charge in [0.25, 0.3) is 0 Å². The Hall–Kier alpha value is -1.44. The number of aryl methyl sites for hydroxylation is 1. The van der Waals surface area contributed by atoms with E-state index in [4.69, 9.17) is 0 Å². The number of nitrogens with zero attached hydrogens (tertiary/aromatic N) is 1. The van der Waals surface area contributed by atoms with Crippen LogP contribution in [0.3, 0.4) is 0 Å². The van der Waals surface area contributed by atoms with Gasteiger partial charge < -0.3 is 5.32 Å². The molecule has 1 N–H and O–H groups in total. The second kappa shape index (κ2) is 6.83. The predicted octanol–water partition coefficient (Wildman–Crippen LogP) is 4.69. The topological polar surface area (TPSA) is 35.8 Å². The zero-order valence-electron chi connectivity index (χ0n) is 11.9. The molecule has 1 aromatic carbocycles. The van der Waals surface area contributed by atoms with Crippen LogP contribution in [0.25, 0.3) is 0 Å². The van der Waals surface area contributed by atoms with Gasteiger partial charge in [-0.1, -0.05) is 6.07 Å². The van der Waals surface area contributed by atoms with Crippen molar-refractivity contribution in [1.29, 1.82) is 5.26 Å². The average Bonchev–Trinajstić information content (AvgIpc) is 2.83. The van der Waals surface area contributed by atoms with Crippen LogP contribution in [0.15, 0.2) is 35.2 Å². The van der Waals surface area contributed by atoms with Crippen molar-refractivity contribution in [2.75, 3.05) is 11.6 Å². The molecule has 0 saturated carbocycles. The highest BCUT2D eigenvalue weighted by Gasteiger charge is 2.11. The van der Waals surface area contributed by atoms with Crippen LogP contribution < -0.4 is 5.32 Å². The lowest BCUT2D eigenvalue weighted by molar-refractivity contribution is 0.799. The quantitative estimate of drug-likeness (QED) is 0.814. The molecule has 0 aliphatic heterocycles. The maximum absolute atomic E-state index is 9.34. The summed E-state index contributed by atoms with van der Waals surface area (Å²) in [5.74, 6) is 0. The SMILES string of the molecule is CSc1cccc(NC(C)Cc2ccc(C)s2)c1C#N. The summed E-state index contributed by atoms with van der Waals surface area (Å²) in [6.07, 6.45) is 2.98.